The lowest BCUT2D eigenvalue weighted by molar-refractivity contribution is 0.283. The predicted octanol–water partition coefficient (Wildman–Crippen LogP) is 5.02. The minimum absolute atomic E-state index is 0.153. The number of nitrogens with zero attached hydrogens (tertiary/aromatic N) is 2. The second kappa shape index (κ2) is 6.12. The van der Waals surface area contributed by atoms with Crippen molar-refractivity contribution in [2.45, 2.75) is 25.3 Å². The van der Waals surface area contributed by atoms with Gasteiger partial charge in [-0.15, -0.1) is 0 Å². The van der Waals surface area contributed by atoms with E-state index < -0.39 is 0 Å². The summed E-state index contributed by atoms with van der Waals surface area (Å²) in [5, 5.41) is 12.0. The number of hydrogen-bond acceptors (Lipinski definition) is 4. The molecule has 28 heavy (non-hydrogen) atoms. The molecule has 0 saturated heterocycles. The third kappa shape index (κ3) is 2.27. The van der Waals surface area contributed by atoms with E-state index in [-0.39, 0.29) is 17.7 Å². The first-order valence-corrected chi connectivity index (χ1v) is 9.34. The van der Waals surface area contributed by atoms with Gasteiger partial charge in [0.1, 0.15) is 11.6 Å². The zero-order chi connectivity index (χ0) is 19.4. The molecule has 0 unspecified atom stereocenters. The molecule has 0 atom stereocenters. The van der Waals surface area contributed by atoms with Gasteiger partial charge < -0.3 is 20.1 Å². The maximum atomic E-state index is 14.7. The summed E-state index contributed by atoms with van der Waals surface area (Å²) in [6.45, 7) is 0. The van der Waals surface area contributed by atoms with Crippen LogP contribution in [-0.4, -0.2) is 21.8 Å². The summed E-state index contributed by atoms with van der Waals surface area (Å²) in [7, 11) is 1.51. The number of rotatable bonds is 3. The number of ether oxygens (including phenoxy) is 1. The summed E-state index contributed by atoms with van der Waals surface area (Å²) in [4.78, 5) is 4.77. The number of nitrogens with two attached hydrogens (primary N) is 1. The van der Waals surface area contributed by atoms with E-state index in [1.165, 1.54) is 13.2 Å². The molecule has 0 spiro atoms. The molecule has 2 aromatic carbocycles. The van der Waals surface area contributed by atoms with Gasteiger partial charge in [-0.25, -0.2) is 9.37 Å². The van der Waals surface area contributed by atoms with E-state index in [9.17, 15) is 9.50 Å². The zero-order valence-electron chi connectivity index (χ0n) is 15.4. The van der Waals surface area contributed by atoms with Crippen molar-refractivity contribution in [2.75, 3.05) is 12.8 Å². The van der Waals surface area contributed by atoms with Crippen molar-refractivity contribution >= 4 is 27.5 Å². The Morgan fingerprint density at radius 2 is 2.00 bits per heavy atom. The summed E-state index contributed by atoms with van der Waals surface area (Å²) in [5.74, 6) is 0.200. The second-order valence-electron chi connectivity index (χ2n) is 7.25. The lowest BCUT2D eigenvalue weighted by Crippen LogP contribution is -2.15. The normalized spacial score (nSPS) is 14.5. The van der Waals surface area contributed by atoms with Crippen LogP contribution in [0.15, 0.2) is 42.6 Å². The van der Waals surface area contributed by atoms with Crippen LogP contribution >= 0.6 is 0 Å². The SMILES string of the molecule is COc1cccc(F)c1-c1cccc2c(N)c3c(O)n(C4CCC4)cc3nc12. The van der Waals surface area contributed by atoms with Gasteiger partial charge in [0.15, 0.2) is 0 Å². The molecule has 1 aliphatic rings. The number of anilines is 1. The molecule has 4 aromatic rings. The molecule has 2 aromatic heterocycles. The fourth-order valence-corrected chi connectivity index (χ4v) is 4.06. The molecule has 1 fully saturated rings. The first kappa shape index (κ1) is 16.9. The highest BCUT2D eigenvalue weighted by atomic mass is 19.1. The molecule has 2 heterocycles. The van der Waals surface area contributed by atoms with Crippen molar-refractivity contribution in [3.05, 3.63) is 48.4 Å². The number of nitrogen functional groups attached to an aromatic ring is 1. The molecule has 1 saturated carbocycles. The van der Waals surface area contributed by atoms with Gasteiger partial charge in [-0.3, -0.25) is 0 Å². The van der Waals surface area contributed by atoms with Gasteiger partial charge in [0.2, 0.25) is 5.88 Å². The summed E-state index contributed by atoms with van der Waals surface area (Å²) in [6.07, 6.45) is 5.07. The molecule has 5 nitrogen and oxygen atoms in total. The molecule has 0 aliphatic heterocycles. The van der Waals surface area contributed by atoms with E-state index in [0.717, 1.165) is 19.3 Å². The van der Waals surface area contributed by atoms with Crippen molar-refractivity contribution in [2.24, 2.45) is 0 Å². The van der Waals surface area contributed by atoms with Crippen LogP contribution < -0.4 is 10.5 Å². The Morgan fingerprint density at radius 1 is 1.21 bits per heavy atom. The third-order valence-electron chi connectivity index (χ3n) is 5.75. The van der Waals surface area contributed by atoms with Crippen LogP contribution in [0.25, 0.3) is 32.9 Å². The smallest absolute Gasteiger partial charge is 0.203 e. The van der Waals surface area contributed by atoms with Gasteiger partial charge in [-0.1, -0.05) is 24.3 Å². The maximum absolute atomic E-state index is 14.7. The number of pyridine rings is 1. The molecule has 142 valence electrons. The summed E-state index contributed by atoms with van der Waals surface area (Å²) >= 11 is 0. The Morgan fingerprint density at radius 3 is 2.71 bits per heavy atom. The molecule has 0 amide bonds. The first-order valence-electron chi connectivity index (χ1n) is 9.34. The van der Waals surface area contributed by atoms with Gasteiger partial charge in [-0.2, -0.15) is 0 Å². The highest BCUT2D eigenvalue weighted by molar-refractivity contribution is 6.12. The highest BCUT2D eigenvalue weighted by Crippen LogP contribution is 2.44. The van der Waals surface area contributed by atoms with E-state index in [1.54, 1.807) is 12.1 Å². The largest absolute Gasteiger partial charge is 0.496 e. The number of hydrogen-bond donors (Lipinski definition) is 2. The van der Waals surface area contributed by atoms with Gasteiger partial charge in [0.25, 0.3) is 0 Å². The summed E-state index contributed by atoms with van der Waals surface area (Å²) in [5.41, 5.74) is 9.05. The molecular weight excluding hydrogens is 357 g/mol. The quantitative estimate of drug-likeness (QED) is 0.526. The topological polar surface area (TPSA) is 73.3 Å². The second-order valence-corrected chi connectivity index (χ2v) is 7.25. The Bertz CT molecular complexity index is 1230. The average Bonchev–Trinajstić information content (AvgIpc) is 2.96. The number of methoxy groups -OCH3 is 1. The van der Waals surface area contributed by atoms with Crippen LogP contribution in [0.1, 0.15) is 25.3 Å². The average molecular weight is 377 g/mol. The fraction of sp³-hybridized carbons (Fsp3) is 0.227. The van der Waals surface area contributed by atoms with E-state index in [2.05, 4.69) is 0 Å². The van der Waals surface area contributed by atoms with Crippen molar-refractivity contribution in [3.63, 3.8) is 0 Å². The molecule has 1 aliphatic carbocycles. The summed E-state index contributed by atoms with van der Waals surface area (Å²) < 4.78 is 22.0. The third-order valence-corrected chi connectivity index (χ3v) is 5.75. The Balaban J connectivity index is 1.84. The highest BCUT2D eigenvalue weighted by Gasteiger charge is 2.25. The fourth-order valence-electron chi connectivity index (χ4n) is 4.06. The molecular formula is C22H20FN3O2. The van der Waals surface area contributed by atoms with E-state index in [1.807, 2.05) is 29.0 Å². The standard InChI is InChI=1S/C22H20FN3O2/c1-28-17-10-4-9-15(23)18(17)13-7-3-8-14-20(24)19-16(25-21(13)14)11-26(22(19)27)12-5-2-6-12/h3-4,7-12,27H,2,5-6,24H2,1H3. The van der Waals surface area contributed by atoms with Gasteiger partial charge in [0.05, 0.1) is 34.8 Å². The maximum Gasteiger partial charge on any atom is 0.203 e. The van der Waals surface area contributed by atoms with Crippen molar-refractivity contribution < 1.29 is 14.2 Å². The van der Waals surface area contributed by atoms with Crippen molar-refractivity contribution in [1.82, 2.24) is 9.55 Å². The molecule has 0 radical (unpaired) electrons. The van der Waals surface area contributed by atoms with Crippen LogP contribution in [0, 0.1) is 5.82 Å². The van der Waals surface area contributed by atoms with E-state index in [0.29, 0.717) is 44.4 Å². The van der Waals surface area contributed by atoms with Crippen LogP contribution in [0.2, 0.25) is 0 Å². The monoisotopic (exact) mass is 377 g/mol. The number of benzene rings is 2. The summed E-state index contributed by atoms with van der Waals surface area (Å²) in [6, 6.07) is 10.5. The van der Waals surface area contributed by atoms with Crippen LogP contribution in [-0.2, 0) is 0 Å². The lowest BCUT2D eigenvalue weighted by atomic mass is 9.93. The van der Waals surface area contributed by atoms with Crippen LogP contribution in [0.5, 0.6) is 11.6 Å². The van der Waals surface area contributed by atoms with E-state index >= 15 is 0 Å². The van der Waals surface area contributed by atoms with E-state index in [4.69, 9.17) is 15.5 Å². The number of aromatic hydroxyl groups is 1. The first-order chi connectivity index (χ1) is 13.6. The van der Waals surface area contributed by atoms with Crippen LogP contribution in [0.4, 0.5) is 10.1 Å². The van der Waals surface area contributed by atoms with Crippen molar-refractivity contribution in [1.29, 1.82) is 0 Å². The van der Waals surface area contributed by atoms with Gasteiger partial charge in [0, 0.05) is 23.2 Å². The van der Waals surface area contributed by atoms with Gasteiger partial charge >= 0.3 is 0 Å². The number of para-hydroxylation sites is 1. The number of aromatic nitrogens is 2. The lowest BCUT2D eigenvalue weighted by Gasteiger charge is -2.27. The molecule has 5 rings (SSSR count). The minimum Gasteiger partial charge on any atom is -0.496 e. The van der Waals surface area contributed by atoms with Crippen molar-refractivity contribution in [3.8, 4) is 22.8 Å². The Hall–Kier alpha value is -3.28. The minimum atomic E-state index is -0.387. The Kier molecular flexibility index (Phi) is 3.69. The predicted molar refractivity (Wildman–Crippen MR) is 108 cm³/mol. The zero-order valence-corrected chi connectivity index (χ0v) is 15.4. The molecule has 0 bridgehead atoms. The molecule has 6 heteroatoms. The molecule has 3 N–H and O–H groups in total. The number of fused-ring (bicyclic) bond motifs is 2. The number of halogens is 1. The van der Waals surface area contributed by atoms with Gasteiger partial charge in [-0.05, 0) is 31.4 Å². The van der Waals surface area contributed by atoms with Crippen LogP contribution in [0.3, 0.4) is 0 Å². The Labute approximate surface area is 161 Å².